The van der Waals surface area contributed by atoms with E-state index in [-0.39, 0.29) is 6.10 Å². The van der Waals surface area contributed by atoms with E-state index in [1.54, 1.807) is 0 Å². The molecule has 0 spiro atoms. The largest absolute Gasteiger partial charge is 0.390 e. The van der Waals surface area contributed by atoms with Crippen molar-refractivity contribution in [3.05, 3.63) is 0 Å². The van der Waals surface area contributed by atoms with Gasteiger partial charge in [0.2, 0.25) is 0 Å². The number of aliphatic hydroxyl groups excluding tert-OH is 1. The molecule has 1 saturated heterocycles. The number of likely N-dealkylation sites (tertiary alicyclic amines) is 1. The quantitative estimate of drug-likeness (QED) is 0.706. The van der Waals surface area contributed by atoms with Crippen molar-refractivity contribution in [2.45, 2.75) is 45.3 Å². The van der Waals surface area contributed by atoms with Crippen LogP contribution in [0.25, 0.3) is 0 Å². The Balaban J connectivity index is 2.45. The molecule has 0 saturated carbocycles. The van der Waals surface area contributed by atoms with Gasteiger partial charge in [-0.25, -0.2) is 0 Å². The van der Waals surface area contributed by atoms with Crippen molar-refractivity contribution in [2.75, 3.05) is 19.6 Å². The maximum atomic E-state index is 9.54. The fourth-order valence-corrected chi connectivity index (χ4v) is 2.34. The summed E-state index contributed by atoms with van der Waals surface area (Å²) in [4.78, 5) is 2.41. The normalized spacial score (nSPS) is 26.8. The average Bonchev–Trinajstić information content (AvgIpc) is 2.18. The highest BCUT2D eigenvalue weighted by Crippen LogP contribution is 2.22. The highest BCUT2D eigenvalue weighted by atomic mass is 16.3. The van der Waals surface area contributed by atoms with Gasteiger partial charge in [0, 0.05) is 19.1 Å². The molecule has 0 aromatic rings. The van der Waals surface area contributed by atoms with Gasteiger partial charge in [-0.1, -0.05) is 20.3 Å². The lowest BCUT2D eigenvalue weighted by Gasteiger charge is -2.39. The molecule has 1 rings (SSSR count). The van der Waals surface area contributed by atoms with Gasteiger partial charge in [-0.2, -0.15) is 0 Å². The lowest BCUT2D eigenvalue weighted by Crippen LogP contribution is -2.47. The molecule has 3 N–H and O–H groups in total. The van der Waals surface area contributed by atoms with E-state index >= 15 is 0 Å². The second kappa shape index (κ2) is 5.69. The van der Waals surface area contributed by atoms with E-state index in [2.05, 4.69) is 18.7 Å². The van der Waals surface area contributed by atoms with Crippen LogP contribution in [0.1, 0.15) is 33.1 Å². The van der Waals surface area contributed by atoms with Crippen LogP contribution < -0.4 is 5.73 Å². The fraction of sp³-hybridized carbons (Fsp3) is 1.00. The van der Waals surface area contributed by atoms with E-state index in [0.29, 0.717) is 18.5 Å². The molecule has 3 nitrogen and oxygen atoms in total. The van der Waals surface area contributed by atoms with Crippen LogP contribution in [0.5, 0.6) is 0 Å². The van der Waals surface area contributed by atoms with Gasteiger partial charge in [0.1, 0.15) is 0 Å². The zero-order valence-electron chi connectivity index (χ0n) is 9.45. The summed E-state index contributed by atoms with van der Waals surface area (Å²) >= 11 is 0. The Morgan fingerprint density at radius 3 is 2.71 bits per heavy atom. The number of nitrogens with zero attached hydrogens (tertiary/aromatic N) is 1. The molecule has 84 valence electrons. The molecule has 14 heavy (non-hydrogen) atoms. The molecule has 1 aliphatic rings. The smallest absolute Gasteiger partial charge is 0.0789 e. The second-order valence-corrected chi connectivity index (χ2v) is 4.69. The van der Waals surface area contributed by atoms with Crippen LogP contribution >= 0.6 is 0 Å². The van der Waals surface area contributed by atoms with Gasteiger partial charge in [0.25, 0.3) is 0 Å². The van der Waals surface area contributed by atoms with Gasteiger partial charge in [-0.15, -0.1) is 0 Å². The summed E-state index contributed by atoms with van der Waals surface area (Å²) in [5.74, 6) is 0.681. The summed E-state index contributed by atoms with van der Waals surface area (Å²) in [6, 6.07) is 0.643. The number of piperidine rings is 1. The molecule has 0 bridgehead atoms. The van der Waals surface area contributed by atoms with Crippen LogP contribution in [0.15, 0.2) is 0 Å². The van der Waals surface area contributed by atoms with E-state index in [1.807, 2.05) is 0 Å². The van der Waals surface area contributed by atoms with Crippen LogP contribution in [-0.4, -0.2) is 41.8 Å². The Kier molecular flexibility index (Phi) is 4.85. The zero-order chi connectivity index (χ0) is 10.6. The molecule has 1 heterocycles. The van der Waals surface area contributed by atoms with Gasteiger partial charge >= 0.3 is 0 Å². The molecule has 1 fully saturated rings. The minimum Gasteiger partial charge on any atom is -0.390 e. The van der Waals surface area contributed by atoms with E-state index in [4.69, 9.17) is 5.73 Å². The predicted molar refractivity (Wildman–Crippen MR) is 59.1 cm³/mol. The highest BCUT2D eigenvalue weighted by Gasteiger charge is 2.25. The number of rotatable bonds is 4. The molecule has 2 atom stereocenters. The van der Waals surface area contributed by atoms with Gasteiger partial charge in [0.15, 0.2) is 0 Å². The van der Waals surface area contributed by atoms with Crippen LogP contribution in [0.2, 0.25) is 0 Å². The minimum absolute atomic E-state index is 0.352. The molecule has 0 radical (unpaired) electrons. The lowest BCUT2D eigenvalue weighted by atomic mass is 9.92. The highest BCUT2D eigenvalue weighted by molar-refractivity contribution is 4.81. The van der Waals surface area contributed by atoms with Gasteiger partial charge in [-0.3, -0.25) is 4.90 Å². The Bertz CT molecular complexity index is 161. The third kappa shape index (κ3) is 3.23. The van der Waals surface area contributed by atoms with Crippen molar-refractivity contribution < 1.29 is 5.11 Å². The van der Waals surface area contributed by atoms with Crippen molar-refractivity contribution in [1.29, 1.82) is 0 Å². The van der Waals surface area contributed by atoms with Crippen molar-refractivity contribution in [1.82, 2.24) is 4.90 Å². The summed E-state index contributed by atoms with van der Waals surface area (Å²) in [6.45, 7) is 6.77. The number of aliphatic hydroxyl groups is 1. The fourth-order valence-electron chi connectivity index (χ4n) is 2.34. The van der Waals surface area contributed by atoms with E-state index in [0.717, 1.165) is 13.1 Å². The molecule has 0 aliphatic carbocycles. The van der Waals surface area contributed by atoms with Gasteiger partial charge < -0.3 is 10.8 Å². The lowest BCUT2D eigenvalue weighted by molar-refractivity contribution is 0.0535. The molecule has 1 aliphatic heterocycles. The van der Waals surface area contributed by atoms with Crippen LogP contribution in [-0.2, 0) is 0 Å². The third-order valence-corrected chi connectivity index (χ3v) is 3.15. The molecular formula is C11H24N2O. The summed E-state index contributed by atoms with van der Waals surface area (Å²) in [5, 5.41) is 9.54. The van der Waals surface area contributed by atoms with Crippen LogP contribution in [0, 0.1) is 5.92 Å². The topological polar surface area (TPSA) is 49.5 Å². The number of β-amino-alcohol motifs (C(OH)–C–C–N with tert-alkyl or cyclic N) is 1. The summed E-state index contributed by atoms with van der Waals surface area (Å²) in [5.41, 5.74) is 5.43. The molecule has 0 amide bonds. The average molecular weight is 200 g/mol. The van der Waals surface area contributed by atoms with E-state index in [1.165, 1.54) is 19.3 Å². The first-order valence-electron chi connectivity index (χ1n) is 5.77. The Morgan fingerprint density at radius 2 is 2.14 bits per heavy atom. The molecular weight excluding hydrogens is 176 g/mol. The van der Waals surface area contributed by atoms with Crippen molar-refractivity contribution in [3.63, 3.8) is 0 Å². The predicted octanol–water partition coefficient (Wildman–Crippen LogP) is 0.817. The number of hydrogen-bond acceptors (Lipinski definition) is 3. The maximum absolute atomic E-state index is 9.54. The maximum Gasteiger partial charge on any atom is 0.0789 e. The first-order valence-corrected chi connectivity index (χ1v) is 5.77. The molecule has 3 heteroatoms. The first kappa shape index (κ1) is 12.0. The van der Waals surface area contributed by atoms with Crippen LogP contribution in [0.4, 0.5) is 0 Å². The summed E-state index contributed by atoms with van der Waals surface area (Å²) < 4.78 is 0. The Hall–Kier alpha value is -0.120. The van der Waals surface area contributed by atoms with Gasteiger partial charge in [-0.05, 0) is 25.3 Å². The van der Waals surface area contributed by atoms with Crippen molar-refractivity contribution >= 4 is 0 Å². The second-order valence-electron chi connectivity index (χ2n) is 4.69. The SMILES string of the molecule is CC(C)C1CCCCN1CC(O)CN. The minimum atomic E-state index is -0.352. The summed E-state index contributed by atoms with van der Waals surface area (Å²) in [6.07, 6.45) is 3.52. The van der Waals surface area contributed by atoms with Crippen molar-refractivity contribution in [2.24, 2.45) is 11.7 Å². The molecule has 0 aromatic carbocycles. The van der Waals surface area contributed by atoms with E-state index < -0.39 is 0 Å². The van der Waals surface area contributed by atoms with Gasteiger partial charge in [0.05, 0.1) is 6.10 Å². The number of nitrogens with two attached hydrogens (primary N) is 1. The van der Waals surface area contributed by atoms with E-state index in [9.17, 15) is 5.11 Å². The third-order valence-electron chi connectivity index (χ3n) is 3.15. The first-order chi connectivity index (χ1) is 6.65. The van der Waals surface area contributed by atoms with Crippen LogP contribution in [0.3, 0.4) is 0 Å². The Morgan fingerprint density at radius 1 is 1.43 bits per heavy atom. The number of hydrogen-bond donors (Lipinski definition) is 2. The van der Waals surface area contributed by atoms with Crippen molar-refractivity contribution in [3.8, 4) is 0 Å². The zero-order valence-corrected chi connectivity index (χ0v) is 9.45. The summed E-state index contributed by atoms with van der Waals surface area (Å²) in [7, 11) is 0. The monoisotopic (exact) mass is 200 g/mol. The molecule has 0 aromatic heterocycles. The standard InChI is InChI=1S/C11H24N2O/c1-9(2)11-5-3-4-6-13(11)8-10(14)7-12/h9-11,14H,3-8,12H2,1-2H3. The Labute approximate surface area is 87.3 Å². The molecule has 2 unspecified atom stereocenters.